The summed E-state index contributed by atoms with van der Waals surface area (Å²) in [4.78, 5) is 0. The van der Waals surface area contributed by atoms with Gasteiger partial charge < -0.3 is 4.57 Å². The molecular weight excluding hydrogens is 394 g/mol. The first kappa shape index (κ1) is 20.6. The Hall–Kier alpha value is -2.63. The third-order valence-corrected chi connectivity index (χ3v) is 12.2. The zero-order valence-electron chi connectivity index (χ0n) is 18.6. The number of hydrogen-bond acceptors (Lipinski definition) is 0. The van der Waals surface area contributed by atoms with Crippen molar-refractivity contribution in [3.63, 3.8) is 0 Å². The minimum atomic E-state index is -1.63. The zero-order valence-corrected chi connectivity index (χ0v) is 20.6. The molecule has 0 unspecified atom stereocenters. The van der Waals surface area contributed by atoms with Crippen molar-refractivity contribution >= 4 is 48.3 Å². The Balaban J connectivity index is 2.02. The number of rotatable bonds is 6. The molecule has 0 bridgehead atoms. The SMILES string of the molecule is C=C[Si](C)(C)c1ccc2c(c1)c1cc([Si](C)(C)C=C)ccc1n2Cc1ccccc1. The lowest BCUT2D eigenvalue weighted by Crippen LogP contribution is -2.39. The van der Waals surface area contributed by atoms with Crippen LogP contribution in [0.1, 0.15) is 5.56 Å². The van der Waals surface area contributed by atoms with Gasteiger partial charge in [-0.25, -0.2) is 0 Å². The van der Waals surface area contributed by atoms with Crippen molar-refractivity contribution in [2.75, 3.05) is 0 Å². The van der Waals surface area contributed by atoms with Gasteiger partial charge in [-0.2, -0.15) is 0 Å². The molecule has 152 valence electrons. The van der Waals surface area contributed by atoms with Crippen LogP contribution in [0.2, 0.25) is 26.2 Å². The molecule has 0 radical (unpaired) electrons. The highest BCUT2D eigenvalue weighted by molar-refractivity contribution is 6.94. The molecule has 0 N–H and O–H groups in total. The van der Waals surface area contributed by atoms with Crippen molar-refractivity contribution in [2.45, 2.75) is 32.7 Å². The van der Waals surface area contributed by atoms with Gasteiger partial charge in [0.1, 0.15) is 16.1 Å². The van der Waals surface area contributed by atoms with Gasteiger partial charge in [0, 0.05) is 28.4 Å². The molecule has 0 aliphatic carbocycles. The Morgan fingerprint density at radius 2 is 1.17 bits per heavy atom. The third-order valence-electron chi connectivity index (χ3n) is 6.56. The van der Waals surface area contributed by atoms with Gasteiger partial charge in [-0.15, -0.1) is 13.2 Å². The molecule has 4 aromatic rings. The summed E-state index contributed by atoms with van der Waals surface area (Å²) in [5.41, 5.74) is 8.29. The van der Waals surface area contributed by atoms with E-state index in [0.717, 1.165) is 6.54 Å². The minimum Gasteiger partial charge on any atom is -0.336 e. The molecule has 4 rings (SSSR count). The third kappa shape index (κ3) is 3.53. The van der Waals surface area contributed by atoms with Gasteiger partial charge in [0.15, 0.2) is 0 Å². The van der Waals surface area contributed by atoms with Gasteiger partial charge in [0.2, 0.25) is 0 Å². The summed E-state index contributed by atoms with van der Waals surface area (Å²) in [7, 11) is -3.27. The van der Waals surface area contributed by atoms with Gasteiger partial charge in [0.25, 0.3) is 0 Å². The van der Waals surface area contributed by atoms with Gasteiger partial charge in [0.05, 0.1) is 0 Å². The van der Waals surface area contributed by atoms with Crippen LogP contribution in [0.25, 0.3) is 21.8 Å². The lowest BCUT2D eigenvalue weighted by Gasteiger charge is -2.18. The highest BCUT2D eigenvalue weighted by Gasteiger charge is 2.23. The second kappa shape index (κ2) is 7.57. The maximum Gasteiger partial charge on any atom is 0.103 e. The Kier molecular flexibility index (Phi) is 5.21. The Morgan fingerprint density at radius 1 is 0.700 bits per heavy atom. The van der Waals surface area contributed by atoms with E-state index in [1.807, 2.05) is 0 Å². The molecule has 0 fully saturated rings. The highest BCUT2D eigenvalue weighted by Crippen LogP contribution is 2.30. The molecule has 0 saturated heterocycles. The van der Waals surface area contributed by atoms with Crippen LogP contribution in [0.5, 0.6) is 0 Å². The fraction of sp³-hybridized carbons (Fsp3) is 0.185. The van der Waals surface area contributed by atoms with Crippen LogP contribution in [0.15, 0.2) is 91.3 Å². The monoisotopic (exact) mass is 425 g/mol. The van der Waals surface area contributed by atoms with E-state index in [1.165, 1.54) is 37.7 Å². The Morgan fingerprint density at radius 3 is 1.60 bits per heavy atom. The summed E-state index contributed by atoms with van der Waals surface area (Å²) in [6.07, 6.45) is 0. The standard InChI is InChI=1S/C27H31NSi2/c1-7-29(3,4)22-14-16-26-24(18-22)25-19-23(30(5,6)8-2)15-17-27(25)28(26)20-21-12-10-9-11-13-21/h7-19H,1-2,20H2,3-6H3. The van der Waals surface area contributed by atoms with E-state index in [0.29, 0.717) is 0 Å². The largest absolute Gasteiger partial charge is 0.336 e. The van der Waals surface area contributed by atoms with Crippen LogP contribution in [0.4, 0.5) is 0 Å². The van der Waals surface area contributed by atoms with E-state index in [4.69, 9.17) is 0 Å². The van der Waals surface area contributed by atoms with Crippen LogP contribution >= 0.6 is 0 Å². The average Bonchev–Trinajstić information content (AvgIpc) is 3.07. The predicted octanol–water partition coefficient (Wildman–Crippen LogP) is 6.12. The van der Waals surface area contributed by atoms with Crippen LogP contribution < -0.4 is 10.4 Å². The van der Waals surface area contributed by atoms with Crippen molar-refractivity contribution in [3.8, 4) is 0 Å². The van der Waals surface area contributed by atoms with Crippen LogP contribution in [0.3, 0.4) is 0 Å². The van der Waals surface area contributed by atoms with Gasteiger partial charge in [-0.3, -0.25) is 0 Å². The summed E-state index contributed by atoms with van der Waals surface area (Å²) >= 11 is 0. The quantitative estimate of drug-likeness (QED) is 0.328. The zero-order chi connectivity index (χ0) is 21.5. The van der Waals surface area contributed by atoms with Crippen molar-refractivity contribution in [2.24, 2.45) is 0 Å². The Labute approximate surface area is 182 Å². The Bertz CT molecular complexity index is 1170. The van der Waals surface area contributed by atoms with E-state index >= 15 is 0 Å². The summed E-state index contributed by atoms with van der Waals surface area (Å²) < 4.78 is 2.47. The predicted molar refractivity (Wildman–Crippen MR) is 140 cm³/mol. The fourth-order valence-corrected chi connectivity index (χ4v) is 6.61. The molecule has 1 heterocycles. The molecule has 3 heteroatoms. The van der Waals surface area contributed by atoms with Gasteiger partial charge in [-0.1, -0.05) is 103 Å². The summed E-state index contributed by atoms with van der Waals surface area (Å²) in [5.74, 6) is 0. The maximum absolute atomic E-state index is 4.12. The van der Waals surface area contributed by atoms with E-state index in [-0.39, 0.29) is 0 Å². The van der Waals surface area contributed by atoms with Gasteiger partial charge >= 0.3 is 0 Å². The number of benzene rings is 3. The van der Waals surface area contributed by atoms with Crippen LogP contribution in [-0.2, 0) is 6.54 Å². The lowest BCUT2D eigenvalue weighted by molar-refractivity contribution is 0.869. The summed E-state index contributed by atoms with van der Waals surface area (Å²) in [6, 6.07) is 24.9. The van der Waals surface area contributed by atoms with Crippen LogP contribution in [-0.4, -0.2) is 20.7 Å². The summed E-state index contributed by atoms with van der Waals surface area (Å²) in [5, 5.41) is 5.59. The molecule has 1 aromatic heterocycles. The highest BCUT2D eigenvalue weighted by atomic mass is 28.3. The molecule has 3 aromatic carbocycles. The molecule has 0 aliphatic rings. The lowest BCUT2D eigenvalue weighted by atomic mass is 10.1. The normalized spacial score (nSPS) is 12.4. The number of fused-ring (bicyclic) bond motifs is 3. The van der Waals surface area contributed by atoms with Crippen molar-refractivity contribution in [3.05, 3.63) is 96.8 Å². The smallest absolute Gasteiger partial charge is 0.103 e. The second-order valence-electron chi connectivity index (χ2n) is 9.39. The topological polar surface area (TPSA) is 4.93 Å². The summed E-state index contributed by atoms with van der Waals surface area (Å²) in [6.45, 7) is 18.6. The first-order valence-electron chi connectivity index (χ1n) is 10.6. The fourth-order valence-electron chi connectivity index (χ4n) is 4.08. The number of hydrogen-bond donors (Lipinski definition) is 0. The van der Waals surface area contributed by atoms with E-state index < -0.39 is 16.1 Å². The molecule has 1 nitrogen and oxygen atoms in total. The van der Waals surface area contributed by atoms with E-state index in [1.54, 1.807) is 0 Å². The molecule has 0 amide bonds. The van der Waals surface area contributed by atoms with E-state index in [2.05, 4.69) is 122 Å². The molecular formula is C27H31NSi2. The number of nitrogens with zero attached hydrogens (tertiary/aromatic N) is 1. The first-order chi connectivity index (χ1) is 14.3. The molecule has 0 saturated carbocycles. The molecule has 0 aliphatic heterocycles. The molecule has 0 spiro atoms. The molecule has 0 atom stereocenters. The molecule has 30 heavy (non-hydrogen) atoms. The van der Waals surface area contributed by atoms with Crippen molar-refractivity contribution in [1.29, 1.82) is 0 Å². The number of aromatic nitrogens is 1. The van der Waals surface area contributed by atoms with Gasteiger partial charge in [-0.05, 0) is 17.7 Å². The minimum absolute atomic E-state index is 0.879. The second-order valence-corrected chi connectivity index (χ2v) is 18.2. The average molecular weight is 426 g/mol. The maximum atomic E-state index is 4.12. The van der Waals surface area contributed by atoms with Crippen molar-refractivity contribution in [1.82, 2.24) is 4.57 Å². The first-order valence-corrected chi connectivity index (χ1v) is 16.8. The van der Waals surface area contributed by atoms with Crippen LogP contribution in [0, 0.1) is 0 Å². The van der Waals surface area contributed by atoms with E-state index in [9.17, 15) is 0 Å². The van der Waals surface area contributed by atoms with Crippen molar-refractivity contribution < 1.29 is 0 Å².